The molecule has 0 heterocycles. The second-order valence-corrected chi connectivity index (χ2v) is 18.4. The molecule has 0 spiro atoms. The quantitative estimate of drug-likeness (QED) is 0.0563. The van der Waals surface area contributed by atoms with Gasteiger partial charge in [0.25, 0.3) is 0 Å². The molecule has 0 bridgehead atoms. The maximum absolute atomic E-state index is 16.9. The number of hydrogen-bond donors (Lipinski definition) is 1. The summed E-state index contributed by atoms with van der Waals surface area (Å²) < 4.78 is 67.3. The van der Waals surface area contributed by atoms with Crippen LogP contribution in [-0.2, 0) is 52.4 Å². The molecule has 278 valence electrons. The van der Waals surface area contributed by atoms with E-state index in [4.69, 9.17) is 0 Å². The Bertz CT molecular complexity index is 2300. The van der Waals surface area contributed by atoms with E-state index in [1.807, 2.05) is 0 Å². The van der Waals surface area contributed by atoms with Gasteiger partial charge in [-0.05, 0) is 61.6 Å². The van der Waals surface area contributed by atoms with E-state index in [0.29, 0.717) is 32.3 Å². The molecule has 0 fully saturated rings. The molecule has 0 amide bonds. The van der Waals surface area contributed by atoms with Gasteiger partial charge in [0.15, 0.2) is 17.5 Å². The minimum Gasteiger partial charge on any atom is -0.520 e. The maximum Gasteiger partial charge on any atom is 2.00 e. The minimum absolute atomic E-state index is 0. The van der Waals surface area contributed by atoms with Gasteiger partial charge in [0.05, 0.1) is 34.0 Å². The summed E-state index contributed by atoms with van der Waals surface area (Å²) in [5.74, 6) is -2.50. The van der Waals surface area contributed by atoms with Crippen molar-refractivity contribution in [3.05, 3.63) is 239 Å². The first-order valence-corrected chi connectivity index (χ1v) is 20.9. The summed E-state index contributed by atoms with van der Waals surface area (Å²) in [4.78, 5) is 0. The third kappa shape index (κ3) is 9.23. The van der Waals surface area contributed by atoms with Gasteiger partial charge >= 0.3 is 26.2 Å². The first-order chi connectivity index (χ1) is 26.8. The molecule has 2 nitrogen and oxygen atoms in total. The first kappa shape index (κ1) is 44.2. The molecule has 7 rings (SSSR count). The normalized spacial score (nSPS) is 12.2. The van der Waals surface area contributed by atoms with Crippen LogP contribution in [0.3, 0.4) is 0 Å². The molecule has 1 unspecified atom stereocenters. The Morgan fingerprint density at radius 3 is 1.26 bits per heavy atom. The number of aliphatic hydroxyl groups is 1. The summed E-state index contributed by atoms with van der Waals surface area (Å²) in [5, 5.41) is 19.1. The van der Waals surface area contributed by atoms with Crippen molar-refractivity contribution >= 4 is 53.7 Å². The molecule has 0 aliphatic rings. The van der Waals surface area contributed by atoms with Crippen LogP contribution < -0.4 is 21.2 Å². The Kier molecular flexibility index (Phi) is 15.7. The van der Waals surface area contributed by atoms with Crippen molar-refractivity contribution in [1.82, 2.24) is 0 Å². The van der Waals surface area contributed by atoms with Crippen molar-refractivity contribution in [2.24, 2.45) is 0 Å². The number of nitrogens with zero attached hydrogens (tertiary/aromatic N) is 1. The van der Waals surface area contributed by atoms with E-state index in [1.54, 1.807) is 182 Å². The Morgan fingerprint density at radius 1 is 0.509 bits per heavy atom. The van der Waals surface area contributed by atoms with E-state index in [-0.39, 0.29) is 52.4 Å². The van der Waals surface area contributed by atoms with Crippen LogP contribution in [-0.4, -0.2) is 5.11 Å². The van der Waals surface area contributed by atoms with Crippen LogP contribution >= 0.6 is 14.7 Å². The molecule has 0 aromatic heterocycles. The Hall–Kier alpha value is -3.87. The van der Waals surface area contributed by atoms with E-state index in [2.05, 4.69) is 28.9 Å². The number of benzene rings is 7. The summed E-state index contributed by atoms with van der Waals surface area (Å²) in [6, 6.07) is 55.0. The standard InChI is InChI=1S/C47H32F4NOP2.2Zr/c48-42-41(47(53)54(37-23-11-3-12-24-37,38-25-13-4-14-26-38)33-31-35-19-7-1-8-20-35)43(49)45(51)46(44(42)50)52-55(39-27-15-5-16-28-39,40-29-17-6-18-30-40)34-32-36-21-9-2-10-22-36;;/h1-19,21,23-32,47,53H;;/q-3;;+2. The summed E-state index contributed by atoms with van der Waals surface area (Å²) in [5.41, 5.74) is -1.11. The van der Waals surface area contributed by atoms with Gasteiger partial charge in [-0.15, -0.1) is 23.8 Å². The van der Waals surface area contributed by atoms with Gasteiger partial charge in [-0.3, -0.25) is 12.2 Å². The van der Waals surface area contributed by atoms with Crippen molar-refractivity contribution in [3.63, 3.8) is 0 Å². The van der Waals surface area contributed by atoms with Gasteiger partial charge in [0.1, 0.15) is 11.6 Å². The van der Waals surface area contributed by atoms with Crippen molar-refractivity contribution in [2.75, 3.05) is 0 Å². The average Bonchev–Trinajstić information content (AvgIpc) is 3.25. The smallest absolute Gasteiger partial charge is 0.520 e. The first-order valence-electron chi connectivity index (χ1n) is 17.3. The molecular weight excluding hydrogens is 915 g/mol. The van der Waals surface area contributed by atoms with Crippen LogP contribution in [0.2, 0.25) is 0 Å². The number of halogens is 4. The van der Waals surface area contributed by atoms with Gasteiger partial charge in [0.2, 0.25) is 0 Å². The summed E-state index contributed by atoms with van der Waals surface area (Å²) >= 11 is 0. The van der Waals surface area contributed by atoms with Crippen LogP contribution in [0.15, 0.2) is 170 Å². The number of aliphatic hydroxyl groups excluding tert-OH is 1. The van der Waals surface area contributed by atoms with Gasteiger partial charge in [-0.1, -0.05) is 72.8 Å². The molecule has 0 aliphatic carbocycles. The average molecular weight is 947 g/mol. The molecule has 1 atom stereocenters. The number of rotatable bonds is 12. The molecular formula is C47H32F4NOP2Zr2-. The summed E-state index contributed by atoms with van der Waals surface area (Å²) in [7, 11) is -7.08. The van der Waals surface area contributed by atoms with Gasteiger partial charge in [0, 0.05) is 26.2 Å². The van der Waals surface area contributed by atoms with E-state index in [9.17, 15) is 5.11 Å². The van der Waals surface area contributed by atoms with Crippen molar-refractivity contribution in [1.29, 1.82) is 0 Å². The fourth-order valence-electron chi connectivity index (χ4n) is 6.33. The van der Waals surface area contributed by atoms with Crippen LogP contribution in [0.25, 0.3) is 17.2 Å². The second kappa shape index (κ2) is 20.2. The molecule has 57 heavy (non-hydrogen) atoms. The zero-order chi connectivity index (χ0) is 38.3. The zero-order valence-corrected chi connectivity index (χ0v) is 36.9. The molecule has 0 aliphatic heterocycles. The Labute approximate surface area is 370 Å². The van der Waals surface area contributed by atoms with Crippen molar-refractivity contribution in [2.45, 2.75) is 5.85 Å². The van der Waals surface area contributed by atoms with Gasteiger partial charge in [-0.25, -0.2) is 41.8 Å². The maximum atomic E-state index is 16.9. The van der Waals surface area contributed by atoms with E-state index >= 15 is 17.6 Å². The summed E-state index contributed by atoms with van der Waals surface area (Å²) in [6.07, 6.45) is 3.19. The van der Waals surface area contributed by atoms with Crippen LogP contribution in [0.1, 0.15) is 22.5 Å². The topological polar surface area (TPSA) is 34.3 Å². The molecule has 0 saturated carbocycles. The molecule has 0 saturated heterocycles. The molecule has 1 N–H and O–H groups in total. The van der Waals surface area contributed by atoms with Gasteiger partial charge in [-0.2, -0.15) is 24.3 Å². The molecule has 7 aromatic carbocycles. The van der Waals surface area contributed by atoms with Crippen LogP contribution in [0, 0.1) is 47.0 Å². The van der Waals surface area contributed by atoms with E-state index < -0.39 is 55.0 Å². The van der Waals surface area contributed by atoms with Crippen LogP contribution in [0.5, 0.6) is 0 Å². The Balaban J connectivity index is 0.00000310. The minimum atomic E-state index is -3.60. The third-order valence-electron chi connectivity index (χ3n) is 9.03. The fourth-order valence-corrected chi connectivity index (χ4v) is 12.8. The molecule has 7 aromatic rings. The molecule has 10 heteroatoms. The fraction of sp³-hybridized carbons (Fsp3) is 0.0213. The van der Waals surface area contributed by atoms with E-state index in [1.165, 1.54) is 0 Å². The predicted octanol–water partition coefficient (Wildman–Crippen LogP) is 11.0. The van der Waals surface area contributed by atoms with Crippen molar-refractivity contribution < 1.29 is 75.1 Å². The predicted molar refractivity (Wildman–Crippen MR) is 218 cm³/mol. The largest absolute Gasteiger partial charge is 2.00 e. The Morgan fingerprint density at radius 2 is 0.877 bits per heavy atom. The SMILES string of the molecule is OC(c1c(F)c(F)c([N-][P+]([C-]=Cc2[c-]cccc2)(c2ccccc2)c2ccccc2)c(F)c1F)[P+]([C-]=Cc1[c-]cccc1)(c1ccccc1)c1ccccc1.[Zr+2].[Zr]. The zero-order valence-electron chi connectivity index (χ0n) is 30.2. The summed E-state index contributed by atoms with van der Waals surface area (Å²) in [6.45, 7) is 0. The monoisotopic (exact) mass is 944 g/mol. The van der Waals surface area contributed by atoms with Crippen molar-refractivity contribution in [3.8, 4) is 0 Å². The van der Waals surface area contributed by atoms with Gasteiger partial charge < -0.3 is 21.3 Å². The number of hydrogen-bond acceptors (Lipinski definition) is 1. The third-order valence-corrected chi connectivity index (χ3v) is 15.9. The molecule has 0 radical (unpaired) electrons. The van der Waals surface area contributed by atoms with Crippen LogP contribution in [0.4, 0.5) is 23.2 Å². The second-order valence-electron chi connectivity index (χ2n) is 12.4. The van der Waals surface area contributed by atoms with E-state index in [0.717, 1.165) is 0 Å².